The first kappa shape index (κ1) is 13.1. The average Bonchev–Trinajstić information content (AvgIpc) is 2.38. The van der Waals surface area contributed by atoms with Crippen molar-refractivity contribution in [1.82, 2.24) is 0 Å². The number of phenols is 1. The quantitative estimate of drug-likeness (QED) is 0.555. The van der Waals surface area contributed by atoms with Gasteiger partial charge in [0.2, 0.25) is 0 Å². The molecule has 92 valence electrons. The molecule has 18 heavy (non-hydrogen) atoms. The summed E-state index contributed by atoms with van der Waals surface area (Å²) >= 11 is 17.6. The lowest BCUT2D eigenvalue weighted by Gasteiger charge is -2.04. The minimum atomic E-state index is -0.245. The third kappa shape index (κ3) is 2.75. The largest absolute Gasteiger partial charge is 0.504 e. The molecule has 0 radical (unpaired) electrons. The Hall–Kier alpha value is -1.29. The molecule has 2 aromatic rings. The summed E-state index contributed by atoms with van der Waals surface area (Å²) in [7, 11) is 0. The maximum absolute atomic E-state index is 9.75. The van der Waals surface area contributed by atoms with E-state index in [0.29, 0.717) is 5.69 Å². The highest BCUT2D eigenvalue weighted by Gasteiger charge is 2.14. The first-order valence-corrected chi connectivity index (χ1v) is 6.06. The van der Waals surface area contributed by atoms with Crippen LogP contribution in [0, 0.1) is 0 Å². The van der Waals surface area contributed by atoms with Crippen molar-refractivity contribution in [3.05, 3.63) is 51.5 Å². The number of phenolic OH excluding ortho intramolecular Hbond substituents is 1. The van der Waals surface area contributed by atoms with Crippen molar-refractivity contribution in [3.63, 3.8) is 0 Å². The van der Waals surface area contributed by atoms with Crippen molar-refractivity contribution in [3.8, 4) is 5.75 Å². The Bertz CT molecular complexity index is 574. The number of halogens is 3. The number of azo groups is 1. The van der Waals surface area contributed by atoms with E-state index in [9.17, 15) is 5.11 Å². The van der Waals surface area contributed by atoms with Crippen LogP contribution < -0.4 is 0 Å². The van der Waals surface area contributed by atoms with Crippen LogP contribution in [0.1, 0.15) is 0 Å². The van der Waals surface area contributed by atoms with Crippen LogP contribution in [0.15, 0.2) is 46.6 Å². The van der Waals surface area contributed by atoms with Crippen LogP contribution in [0.3, 0.4) is 0 Å². The standard InChI is InChI=1S/C12H7Cl3N2O/c13-8-6-9(14)12(18)11(10(8)15)17-16-7-4-2-1-3-5-7/h1-6,18H/b17-16+. The maximum Gasteiger partial charge on any atom is 0.163 e. The fraction of sp³-hybridized carbons (Fsp3) is 0. The molecule has 0 spiro atoms. The molecule has 0 aliphatic carbocycles. The molecule has 0 amide bonds. The Morgan fingerprint density at radius 3 is 2.22 bits per heavy atom. The minimum Gasteiger partial charge on any atom is -0.504 e. The van der Waals surface area contributed by atoms with Gasteiger partial charge in [0.15, 0.2) is 5.75 Å². The zero-order chi connectivity index (χ0) is 13.1. The zero-order valence-electron chi connectivity index (χ0n) is 8.94. The van der Waals surface area contributed by atoms with Crippen LogP contribution in [0.25, 0.3) is 0 Å². The number of nitrogens with zero attached hydrogens (tertiary/aromatic N) is 2. The lowest BCUT2D eigenvalue weighted by atomic mass is 10.3. The molecule has 0 heterocycles. The molecule has 2 aromatic carbocycles. The van der Waals surface area contributed by atoms with Crippen molar-refractivity contribution in [1.29, 1.82) is 0 Å². The molecule has 0 aliphatic heterocycles. The van der Waals surface area contributed by atoms with Gasteiger partial charge in [-0.2, -0.15) is 5.11 Å². The normalized spacial score (nSPS) is 11.1. The SMILES string of the molecule is Oc1c(Cl)cc(Cl)c(Cl)c1/N=N/c1ccccc1. The lowest BCUT2D eigenvalue weighted by Crippen LogP contribution is -1.75. The van der Waals surface area contributed by atoms with Gasteiger partial charge >= 0.3 is 0 Å². The lowest BCUT2D eigenvalue weighted by molar-refractivity contribution is 0.476. The summed E-state index contributed by atoms with van der Waals surface area (Å²) in [5.74, 6) is -0.245. The maximum atomic E-state index is 9.75. The van der Waals surface area contributed by atoms with Gasteiger partial charge in [0.25, 0.3) is 0 Å². The van der Waals surface area contributed by atoms with Gasteiger partial charge in [-0.1, -0.05) is 53.0 Å². The molecule has 3 nitrogen and oxygen atoms in total. The van der Waals surface area contributed by atoms with E-state index in [1.54, 1.807) is 12.1 Å². The third-order valence-electron chi connectivity index (χ3n) is 2.14. The summed E-state index contributed by atoms with van der Waals surface area (Å²) in [6.07, 6.45) is 0. The molecule has 0 aromatic heterocycles. The summed E-state index contributed by atoms with van der Waals surface area (Å²) in [5, 5.41) is 18.0. The van der Waals surface area contributed by atoms with Crippen LogP contribution in [0.2, 0.25) is 15.1 Å². The highest BCUT2D eigenvalue weighted by atomic mass is 35.5. The molecule has 0 atom stereocenters. The number of rotatable bonds is 2. The Kier molecular flexibility index (Phi) is 4.07. The second kappa shape index (κ2) is 5.57. The van der Waals surface area contributed by atoms with Crippen LogP contribution in [-0.4, -0.2) is 5.11 Å². The first-order valence-electron chi connectivity index (χ1n) is 4.93. The summed E-state index contributed by atoms with van der Waals surface area (Å²) < 4.78 is 0. The topological polar surface area (TPSA) is 45.0 Å². The summed E-state index contributed by atoms with van der Waals surface area (Å²) in [4.78, 5) is 0. The molecular weight excluding hydrogens is 295 g/mol. The van der Waals surface area contributed by atoms with Crippen molar-refractivity contribution in [2.45, 2.75) is 0 Å². The molecule has 0 bridgehead atoms. The molecule has 1 N–H and O–H groups in total. The van der Waals surface area contributed by atoms with Crippen molar-refractivity contribution >= 4 is 46.2 Å². The van der Waals surface area contributed by atoms with Crippen LogP contribution in [0.4, 0.5) is 11.4 Å². The summed E-state index contributed by atoms with van der Waals surface area (Å²) in [5.41, 5.74) is 0.682. The van der Waals surface area contributed by atoms with Crippen LogP contribution >= 0.6 is 34.8 Å². The number of hydrogen-bond acceptors (Lipinski definition) is 3. The monoisotopic (exact) mass is 300 g/mol. The molecule has 0 saturated heterocycles. The number of benzene rings is 2. The number of hydrogen-bond donors (Lipinski definition) is 1. The minimum absolute atomic E-state index is 0.0537. The van der Waals surface area contributed by atoms with Crippen molar-refractivity contribution in [2.75, 3.05) is 0 Å². The first-order chi connectivity index (χ1) is 8.59. The van der Waals surface area contributed by atoms with Gasteiger partial charge in [0.1, 0.15) is 5.69 Å². The van der Waals surface area contributed by atoms with E-state index in [0.717, 1.165) is 0 Å². The van der Waals surface area contributed by atoms with Gasteiger partial charge in [-0.05, 0) is 18.2 Å². The molecule has 0 saturated carbocycles. The molecular formula is C12H7Cl3N2O. The molecule has 2 rings (SSSR count). The van der Waals surface area contributed by atoms with E-state index in [-0.39, 0.29) is 26.5 Å². The van der Waals surface area contributed by atoms with Crippen molar-refractivity contribution < 1.29 is 5.11 Å². The fourth-order valence-electron chi connectivity index (χ4n) is 1.27. The van der Waals surface area contributed by atoms with Gasteiger partial charge in [-0.3, -0.25) is 0 Å². The fourth-order valence-corrected chi connectivity index (χ4v) is 1.90. The van der Waals surface area contributed by atoms with E-state index in [2.05, 4.69) is 10.2 Å². The van der Waals surface area contributed by atoms with E-state index >= 15 is 0 Å². The molecule has 0 fully saturated rings. The predicted molar refractivity (Wildman–Crippen MR) is 73.8 cm³/mol. The molecule has 0 unspecified atom stereocenters. The van der Waals surface area contributed by atoms with Gasteiger partial charge in [-0.15, -0.1) is 5.11 Å². The van der Waals surface area contributed by atoms with Crippen LogP contribution in [0.5, 0.6) is 5.75 Å². The van der Waals surface area contributed by atoms with E-state index in [1.165, 1.54) is 6.07 Å². The van der Waals surface area contributed by atoms with Crippen LogP contribution in [-0.2, 0) is 0 Å². The third-order valence-corrected chi connectivity index (χ3v) is 3.21. The van der Waals surface area contributed by atoms with Crippen molar-refractivity contribution in [2.24, 2.45) is 10.2 Å². The highest BCUT2D eigenvalue weighted by Crippen LogP contribution is 2.44. The Morgan fingerprint density at radius 2 is 1.56 bits per heavy atom. The van der Waals surface area contributed by atoms with E-state index in [1.807, 2.05) is 18.2 Å². The predicted octanol–water partition coefficient (Wildman–Crippen LogP) is 5.77. The average molecular weight is 302 g/mol. The van der Waals surface area contributed by atoms with Gasteiger partial charge in [-0.25, -0.2) is 0 Å². The van der Waals surface area contributed by atoms with Gasteiger partial charge in [0.05, 0.1) is 20.8 Å². The smallest absolute Gasteiger partial charge is 0.163 e. The van der Waals surface area contributed by atoms with Gasteiger partial charge in [0, 0.05) is 0 Å². The van der Waals surface area contributed by atoms with E-state index < -0.39 is 0 Å². The number of aromatic hydroxyl groups is 1. The Balaban J connectivity index is 2.44. The molecule has 0 aliphatic rings. The molecule has 6 heteroatoms. The Labute approximate surface area is 119 Å². The van der Waals surface area contributed by atoms with E-state index in [4.69, 9.17) is 34.8 Å². The Morgan fingerprint density at radius 1 is 0.889 bits per heavy atom. The summed E-state index contributed by atoms with van der Waals surface area (Å²) in [6.45, 7) is 0. The second-order valence-electron chi connectivity index (χ2n) is 3.39. The highest BCUT2D eigenvalue weighted by molar-refractivity contribution is 6.45. The van der Waals surface area contributed by atoms with Gasteiger partial charge < -0.3 is 5.11 Å². The summed E-state index contributed by atoms with van der Waals surface area (Å²) in [6, 6.07) is 10.4. The second-order valence-corrected chi connectivity index (χ2v) is 4.58. The zero-order valence-corrected chi connectivity index (χ0v) is 11.2.